The number of amides is 1. The third-order valence-electron chi connectivity index (χ3n) is 5.99. The monoisotopic (exact) mass is 473 g/mol. The van der Waals surface area contributed by atoms with Crippen molar-refractivity contribution in [3.8, 4) is 11.1 Å². The molecule has 6 heteroatoms. The Labute approximate surface area is 203 Å². The predicted molar refractivity (Wildman–Crippen MR) is 134 cm³/mol. The first-order chi connectivity index (χ1) is 16.5. The number of carbonyl (C=O) groups excluding carboxylic acids is 2. The highest BCUT2D eigenvalue weighted by Gasteiger charge is 2.28. The molecule has 0 spiro atoms. The van der Waals surface area contributed by atoms with Crippen molar-refractivity contribution in [2.75, 3.05) is 6.54 Å². The van der Waals surface area contributed by atoms with Crippen molar-refractivity contribution in [3.63, 3.8) is 0 Å². The molecule has 174 valence electrons. The summed E-state index contributed by atoms with van der Waals surface area (Å²) in [5.41, 5.74) is 3.17. The van der Waals surface area contributed by atoms with E-state index in [1.165, 1.54) is 11.3 Å². The molecule has 4 rings (SSSR count). The van der Waals surface area contributed by atoms with Crippen LogP contribution in [0.25, 0.3) is 11.1 Å². The smallest absolute Gasteiger partial charge is 0.345 e. The van der Waals surface area contributed by atoms with Gasteiger partial charge < -0.3 is 10.0 Å². The second-order valence-corrected chi connectivity index (χ2v) is 9.60. The molecule has 1 saturated heterocycles. The number of allylic oxidation sites excluding steroid dienone is 1. The van der Waals surface area contributed by atoms with E-state index in [1.54, 1.807) is 12.1 Å². The van der Waals surface area contributed by atoms with Crippen molar-refractivity contribution in [1.82, 2.24) is 4.90 Å². The van der Waals surface area contributed by atoms with E-state index in [0.29, 0.717) is 30.7 Å². The largest absolute Gasteiger partial charge is 0.477 e. The van der Waals surface area contributed by atoms with Crippen LogP contribution in [0, 0.1) is 0 Å². The number of aromatic carboxylic acids is 1. The minimum atomic E-state index is -0.910. The normalized spacial score (nSPS) is 15.8. The van der Waals surface area contributed by atoms with Crippen LogP contribution >= 0.6 is 11.3 Å². The average Bonchev–Trinajstić information content (AvgIpc) is 3.46. The Kier molecular flexibility index (Phi) is 7.70. The van der Waals surface area contributed by atoms with Gasteiger partial charge in [-0.25, -0.2) is 4.79 Å². The summed E-state index contributed by atoms with van der Waals surface area (Å²) in [6.07, 6.45) is 6.50. The highest BCUT2D eigenvalue weighted by Crippen LogP contribution is 2.23. The van der Waals surface area contributed by atoms with Crippen molar-refractivity contribution in [1.29, 1.82) is 0 Å². The van der Waals surface area contributed by atoms with Gasteiger partial charge in [0.1, 0.15) is 4.88 Å². The summed E-state index contributed by atoms with van der Waals surface area (Å²) < 4.78 is 0. The molecular formula is C28H27NO4S. The Morgan fingerprint density at radius 1 is 1.03 bits per heavy atom. The number of benzene rings is 2. The molecule has 5 nitrogen and oxygen atoms in total. The van der Waals surface area contributed by atoms with Gasteiger partial charge in [0.25, 0.3) is 0 Å². The number of carbonyl (C=O) groups is 3. The molecule has 34 heavy (non-hydrogen) atoms. The van der Waals surface area contributed by atoms with Crippen LogP contribution in [0.2, 0.25) is 0 Å². The first-order valence-electron chi connectivity index (χ1n) is 11.5. The fourth-order valence-electron chi connectivity index (χ4n) is 4.27. The Morgan fingerprint density at radius 3 is 2.59 bits per heavy atom. The van der Waals surface area contributed by atoms with E-state index >= 15 is 0 Å². The Morgan fingerprint density at radius 2 is 1.82 bits per heavy atom. The molecule has 2 aromatic carbocycles. The second-order valence-electron chi connectivity index (χ2n) is 8.44. The zero-order valence-electron chi connectivity index (χ0n) is 18.9. The van der Waals surface area contributed by atoms with Crippen LogP contribution in [-0.2, 0) is 22.4 Å². The SMILES string of the molecule is O=C(/C=C/C1CCC(=O)N1CCCc1ccc(C(=O)O)s1)Cc1cccc(-c2ccccc2)c1. The molecule has 1 fully saturated rings. The lowest BCUT2D eigenvalue weighted by molar-refractivity contribution is -0.128. The summed E-state index contributed by atoms with van der Waals surface area (Å²) >= 11 is 1.28. The summed E-state index contributed by atoms with van der Waals surface area (Å²) in [6.45, 7) is 0.599. The fourth-order valence-corrected chi connectivity index (χ4v) is 5.16. The molecule has 1 atom stereocenters. The van der Waals surface area contributed by atoms with E-state index in [2.05, 4.69) is 12.1 Å². The Bertz CT molecular complexity index is 1200. The van der Waals surface area contributed by atoms with Crippen molar-refractivity contribution in [2.24, 2.45) is 0 Å². The number of hydrogen-bond acceptors (Lipinski definition) is 4. The molecule has 1 amide bonds. The molecule has 0 saturated carbocycles. The highest BCUT2D eigenvalue weighted by atomic mass is 32.1. The van der Waals surface area contributed by atoms with E-state index in [0.717, 1.165) is 34.4 Å². The van der Waals surface area contributed by atoms with Gasteiger partial charge in [0.05, 0.1) is 6.04 Å². The molecule has 2 heterocycles. The molecule has 0 radical (unpaired) electrons. The van der Waals surface area contributed by atoms with E-state index in [4.69, 9.17) is 5.11 Å². The number of likely N-dealkylation sites (tertiary alicyclic amines) is 1. The zero-order valence-corrected chi connectivity index (χ0v) is 19.7. The lowest BCUT2D eigenvalue weighted by Crippen LogP contribution is -2.33. The molecular weight excluding hydrogens is 446 g/mol. The maximum absolute atomic E-state index is 12.6. The van der Waals surface area contributed by atoms with Crippen molar-refractivity contribution < 1.29 is 19.5 Å². The lowest BCUT2D eigenvalue weighted by Gasteiger charge is -2.22. The number of hydrogen-bond donors (Lipinski definition) is 1. The number of nitrogens with zero attached hydrogens (tertiary/aromatic N) is 1. The molecule has 1 N–H and O–H groups in total. The maximum Gasteiger partial charge on any atom is 0.345 e. The number of aryl methyl sites for hydroxylation is 1. The van der Waals surface area contributed by atoms with E-state index in [9.17, 15) is 14.4 Å². The van der Waals surface area contributed by atoms with Crippen molar-refractivity contribution in [3.05, 3.63) is 94.2 Å². The number of carboxylic acids is 1. The van der Waals surface area contributed by atoms with Crippen LogP contribution in [0.3, 0.4) is 0 Å². The molecule has 0 bridgehead atoms. The van der Waals surface area contributed by atoms with E-state index < -0.39 is 5.97 Å². The molecule has 1 aliphatic rings. The standard InChI is InChI=1S/C28H27NO4S/c30-24(19-20-6-4-9-22(18-20)21-7-2-1-3-8-21)13-11-23-12-16-27(31)29(23)17-5-10-25-14-15-26(34-25)28(32)33/h1-4,6-9,11,13-15,18,23H,5,10,12,16-17,19H2,(H,32,33)/b13-11+. The third-order valence-corrected chi connectivity index (χ3v) is 7.12. The van der Waals surface area contributed by atoms with E-state index in [1.807, 2.05) is 59.5 Å². The first kappa shape index (κ1) is 23.6. The maximum atomic E-state index is 12.6. The summed E-state index contributed by atoms with van der Waals surface area (Å²) in [7, 11) is 0. The van der Waals surface area contributed by atoms with Gasteiger partial charge in [-0.2, -0.15) is 0 Å². The second kappa shape index (κ2) is 11.1. The Balaban J connectivity index is 1.31. The van der Waals surface area contributed by atoms with E-state index in [-0.39, 0.29) is 17.7 Å². The van der Waals surface area contributed by atoms with Gasteiger partial charge in [-0.15, -0.1) is 11.3 Å². The van der Waals surface area contributed by atoms with Gasteiger partial charge in [0, 0.05) is 24.3 Å². The number of rotatable bonds is 10. The minimum Gasteiger partial charge on any atom is -0.477 e. The fraction of sp³-hybridized carbons (Fsp3) is 0.250. The Hall–Kier alpha value is -3.51. The van der Waals surface area contributed by atoms with Gasteiger partial charge >= 0.3 is 5.97 Å². The predicted octanol–water partition coefficient (Wildman–Crippen LogP) is 5.40. The first-order valence-corrected chi connectivity index (χ1v) is 12.3. The minimum absolute atomic E-state index is 0.0179. The van der Waals surface area contributed by atoms with Crippen LogP contribution in [0.4, 0.5) is 0 Å². The van der Waals surface area contributed by atoms with Gasteiger partial charge in [-0.1, -0.05) is 60.7 Å². The zero-order chi connectivity index (χ0) is 23.9. The van der Waals surface area contributed by atoms with Crippen molar-refractivity contribution in [2.45, 2.75) is 38.1 Å². The number of thiophene rings is 1. The van der Waals surface area contributed by atoms with Crippen LogP contribution < -0.4 is 0 Å². The summed E-state index contributed by atoms with van der Waals surface area (Å²) in [5, 5.41) is 9.05. The molecule has 3 aromatic rings. The van der Waals surface area contributed by atoms with Gasteiger partial charge in [0.2, 0.25) is 5.91 Å². The van der Waals surface area contributed by atoms with Crippen LogP contribution in [0.1, 0.15) is 39.4 Å². The lowest BCUT2D eigenvalue weighted by atomic mass is 10.0. The molecule has 1 aliphatic heterocycles. The van der Waals surface area contributed by atoms with Crippen LogP contribution in [0.15, 0.2) is 78.9 Å². The average molecular weight is 474 g/mol. The molecule has 1 unspecified atom stereocenters. The third kappa shape index (κ3) is 6.08. The van der Waals surface area contributed by atoms with Gasteiger partial charge in [-0.3, -0.25) is 9.59 Å². The quantitative estimate of drug-likeness (QED) is 0.400. The topological polar surface area (TPSA) is 74.7 Å². The summed E-state index contributed by atoms with van der Waals surface area (Å²) in [6, 6.07) is 21.5. The summed E-state index contributed by atoms with van der Waals surface area (Å²) in [4.78, 5) is 39.2. The molecule has 0 aliphatic carbocycles. The van der Waals surface area contributed by atoms with Crippen LogP contribution in [-0.4, -0.2) is 40.3 Å². The molecule has 1 aromatic heterocycles. The van der Waals surface area contributed by atoms with Crippen molar-refractivity contribution >= 4 is 29.0 Å². The highest BCUT2D eigenvalue weighted by molar-refractivity contribution is 7.13. The van der Waals surface area contributed by atoms with Crippen LogP contribution in [0.5, 0.6) is 0 Å². The summed E-state index contributed by atoms with van der Waals surface area (Å²) in [5.74, 6) is -0.785. The van der Waals surface area contributed by atoms with Gasteiger partial charge in [0.15, 0.2) is 5.78 Å². The van der Waals surface area contributed by atoms with Gasteiger partial charge in [-0.05, 0) is 54.2 Å². The number of ketones is 1. The number of carboxylic acid groups (broad SMARTS) is 1.